The summed E-state index contributed by atoms with van der Waals surface area (Å²) in [5.41, 5.74) is 4.67. The summed E-state index contributed by atoms with van der Waals surface area (Å²) in [5, 5.41) is 12.6. The molecular formula is C28H20Cl2N4O3S. The van der Waals surface area contributed by atoms with Gasteiger partial charge < -0.3 is 5.11 Å². The molecule has 0 spiro atoms. The molecule has 2 aromatic carbocycles. The molecule has 6 rings (SSSR count). The zero-order chi connectivity index (χ0) is 26.9. The Morgan fingerprint density at radius 3 is 2.55 bits per heavy atom. The maximum atomic E-state index is 13.6. The molecule has 0 saturated carbocycles. The summed E-state index contributed by atoms with van der Waals surface area (Å²) >= 11 is 13.9. The third-order valence-corrected chi connectivity index (χ3v) is 8.40. The first-order chi connectivity index (χ1) is 18.2. The van der Waals surface area contributed by atoms with Crippen LogP contribution in [0.1, 0.15) is 34.1 Å². The third kappa shape index (κ3) is 3.71. The van der Waals surface area contributed by atoms with Crippen LogP contribution in [0.15, 0.2) is 60.3 Å². The Bertz CT molecular complexity index is 1860. The van der Waals surface area contributed by atoms with Crippen LogP contribution in [0.4, 0.5) is 5.13 Å². The predicted octanol–water partition coefficient (Wildman–Crippen LogP) is 6.80. The number of aromatic nitrogens is 3. The number of benzene rings is 2. The number of rotatable bonds is 3. The number of nitrogens with zero attached hydrogens (tertiary/aromatic N) is 4. The Labute approximate surface area is 231 Å². The maximum absolute atomic E-state index is 13.6. The van der Waals surface area contributed by atoms with Crippen LogP contribution in [0.3, 0.4) is 0 Å². The van der Waals surface area contributed by atoms with Crippen LogP contribution in [0.2, 0.25) is 10.0 Å². The molecule has 38 heavy (non-hydrogen) atoms. The van der Waals surface area contributed by atoms with Crippen molar-refractivity contribution >= 4 is 73.0 Å². The molecule has 0 aliphatic carbocycles. The zero-order valence-corrected chi connectivity index (χ0v) is 22.8. The van der Waals surface area contributed by atoms with E-state index in [9.17, 15) is 14.7 Å². The maximum Gasteiger partial charge on any atom is 0.301 e. The number of carbonyl (C=O) groups excluding carboxylic acids is 2. The monoisotopic (exact) mass is 562 g/mol. The molecule has 10 heteroatoms. The summed E-state index contributed by atoms with van der Waals surface area (Å²) in [7, 11) is 0. The number of fused-ring (bicyclic) bond motifs is 2. The van der Waals surface area contributed by atoms with Gasteiger partial charge >= 0.3 is 5.91 Å². The average molecular weight is 563 g/mol. The van der Waals surface area contributed by atoms with E-state index >= 15 is 0 Å². The number of aliphatic hydroxyl groups is 1. The fourth-order valence-corrected chi connectivity index (χ4v) is 6.49. The number of anilines is 1. The van der Waals surface area contributed by atoms with Gasteiger partial charge in [0.1, 0.15) is 11.3 Å². The number of hydrogen-bond donors (Lipinski definition) is 1. The van der Waals surface area contributed by atoms with Crippen molar-refractivity contribution in [3.05, 3.63) is 98.4 Å². The van der Waals surface area contributed by atoms with Gasteiger partial charge in [-0.05, 0) is 67.8 Å². The van der Waals surface area contributed by atoms with Crippen LogP contribution < -0.4 is 4.90 Å². The molecule has 1 amide bonds. The number of thiazole rings is 1. The van der Waals surface area contributed by atoms with Gasteiger partial charge in [0.2, 0.25) is 0 Å². The SMILES string of the molecule is Cc1cc(C)c2nc(N3C(=O)C(=O)/C(=C(/O)c4c(C)nc5ccccn45)C3c3ccc(Cl)c(Cl)c3)sc2c1. The topological polar surface area (TPSA) is 87.8 Å². The van der Waals surface area contributed by atoms with E-state index in [0.29, 0.717) is 32.8 Å². The highest BCUT2D eigenvalue weighted by Crippen LogP contribution is 2.45. The van der Waals surface area contributed by atoms with Crippen LogP contribution in [-0.2, 0) is 9.59 Å². The van der Waals surface area contributed by atoms with E-state index < -0.39 is 17.7 Å². The Hall–Kier alpha value is -3.72. The Morgan fingerprint density at radius 1 is 1.00 bits per heavy atom. The summed E-state index contributed by atoms with van der Waals surface area (Å²) in [4.78, 5) is 37.8. The highest BCUT2D eigenvalue weighted by atomic mass is 35.5. The van der Waals surface area contributed by atoms with Gasteiger partial charge in [0.15, 0.2) is 10.9 Å². The van der Waals surface area contributed by atoms with Crippen molar-refractivity contribution in [2.24, 2.45) is 0 Å². The number of hydrogen-bond acceptors (Lipinski definition) is 6. The molecule has 5 aromatic rings. The van der Waals surface area contributed by atoms with Gasteiger partial charge in [-0.1, -0.05) is 52.7 Å². The summed E-state index contributed by atoms with van der Waals surface area (Å²) < 4.78 is 2.58. The van der Waals surface area contributed by atoms with Crippen LogP contribution in [0.25, 0.3) is 21.6 Å². The molecule has 4 heterocycles. The highest BCUT2D eigenvalue weighted by Gasteiger charge is 2.48. The largest absolute Gasteiger partial charge is 0.505 e. The van der Waals surface area contributed by atoms with Crippen molar-refractivity contribution in [3.63, 3.8) is 0 Å². The molecule has 7 nitrogen and oxygen atoms in total. The molecule has 1 aliphatic heterocycles. The molecule has 0 bridgehead atoms. The summed E-state index contributed by atoms with van der Waals surface area (Å²) in [6, 6.07) is 13.3. The normalized spacial score (nSPS) is 17.3. The molecule has 3 aromatic heterocycles. The molecule has 1 N–H and O–H groups in total. The van der Waals surface area contributed by atoms with Gasteiger partial charge in [-0.2, -0.15) is 0 Å². The molecule has 190 valence electrons. The lowest BCUT2D eigenvalue weighted by atomic mass is 9.96. The number of ketones is 1. The second kappa shape index (κ2) is 8.94. The lowest BCUT2D eigenvalue weighted by Gasteiger charge is -2.23. The number of carbonyl (C=O) groups is 2. The number of Topliss-reactive ketones (excluding diaryl/α,β-unsaturated/α-hetero) is 1. The zero-order valence-electron chi connectivity index (χ0n) is 20.5. The van der Waals surface area contributed by atoms with Gasteiger partial charge in [0.25, 0.3) is 5.78 Å². The Kier molecular flexibility index (Phi) is 5.79. The average Bonchev–Trinajstić information content (AvgIpc) is 3.52. The van der Waals surface area contributed by atoms with E-state index in [1.54, 1.807) is 47.9 Å². The first-order valence-electron chi connectivity index (χ1n) is 11.7. The van der Waals surface area contributed by atoms with E-state index in [4.69, 9.17) is 28.2 Å². The minimum Gasteiger partial charge on any atom is -0.505 e. The molecule has 1 fully saturated rings. The Morgan fingerprint density at radius 2 is 1.79 bits per heavy atom. The molecule has 1 unspecified atom stereocenters. The van der Waals surface area contributed by atoms with Gasteiger partial charge in [-0.15, -0.1) is 0 Å². The van der Waals surface area contributed by atoms with Crippen LogP contribution in [0.5, 0.6) is 0 Å². The third-order valence-electron chi connectivity index (χ3n) is 6.66. The van der Waals surface area contributed by atoms with Gasteiger partial charge in [0.05, 0.1) is 37.6 Å². The van der Waals surface area contributed by atoms with Gasteiger partial charge in [-0.3, -0.25) is 18.9 Å². The minimum atomic E-state index is -0.986. The summed E-state index contributed by atoms with van der Waals surface area (Å²) in [6.45, 7) is 5.69. The summed E-state index contributed by atoms with van der Waals surface area (Å²) in [6.07, 6.45) is 1.74. The second-order valence-corrected chi connectivity index (χ2v) is 11.1. The van der Waals surface area contributed by atoms with Gasteiger partial charge in [0, 0.05) is 6.20 Å². The molecule has 0 radical (unpaired) electrons. The van der Waals surface area contributed by atoms with Crippen molar-refractivity contribution < 1.29 is 14.7 Å². The van der Waals surface area contributed by atoms with E-state index in [1.807, 2.05) is 32.0 Å². The lowest BCUT2D eigenvalue weighted by molar-refractivity contribution is -0.132. The van der Waals surface area contributed by atoms with E-state index in [2.05, 4.69) is 4.98 Å². The fraction of sp³-hybridized carbons (Fsp3) is 0.143. The first-order valence-corrected chi connectivity index (χ1v) is 13.3. The smallest absolute Gasteiger partial charge is 0.301 e. The quantitative estimate of drug-likeness (QED) is 0.148. The minimum absolute atomic E-state index is 0.0747. The van der Waals surface area contributed by atoms with Gasteiger partial charge in [-0.25, -0.2) is 9.97 Å². The number of aryl methyl sites for hydroxylation is 3. The number of pyridine rings is 1. The number of halogens is 2. The molecule has 1 aliphatic rings. The van der Waals surface area contributed by atoms with Crippen LogP contribution >= 0.6 is 34.5 Å². The molecule has 1 saturated heterocycles. The van der Waals surface area contributed by atoms with Crippen molar-refractivity contribution in [2.45, 2.75) is 26.8 Å². The second-order valence-electron chi connectivity index (χ2n) is 9.24. The predicted molar refractivity (Wildman–Crippen MR) is 150 cm³/mol. The van der Waals surface area contributed by atoms with Crippen LogP contribution in [-0.4, -0.2) is 31.2 Å². The summed E-state index contributed by atoms with van der Waals surface area (Å²) in [5.74, 6) is -1.94. The van der Waals surface area contributed by atoms with Crippen molar-refractivity contribution in [1.82, 2.24) is 14.4 Å². The van der Waals surface area contributed by atoms with E-state index in [-0.39, 0.29) is 16.4 Å². The fourth-order valence-electron chi connectivity index (χ4n) is 5.02. The molecule has 1 atom stereocenters. The first kappa shape index (κ1) is 24.6. The lowest BCUT2D eigenvalue weighted by Crippen LogP contribution is -2.29. The standard InChI is InChI=1S/C28H20Cl2N4O3S/c1-13-10-14(2)22-19(11-13)38-28(32-22)34-24(16-7-8-17(29)18(30)12-16)21(26(36)27(34)37)25(35)23-15(3)31-20-6-4-5-9-33(20)23/h4-12,24,35H,1-3H3/b25-21+. The molecular weight excluding hydrogens is 543 g/mol. The van der Waals surface area contributed by atoms with E-state index in [1.165, 1.54) is 16.2 Å². The number of imidazole rings is 1. The number of amides is 1. The van der Waals surface area contributed by atoms with Crippen molar-refractivity contribution in [1.29, 1.82) is 0 Å². The van der Waals surface area contributed by atoms with Crippen molar-refractivity contribution in [3.8, 4) is 0 Å². The number of aliphatic hydroxyl groups excluding tert-OH is 1. The van der Waals surface area contributed by atoms with Crippen LogP contribution in [0, 0.1) is 20.8 Å². The van der Waals surface area contributed by atoms with E-state index in [0.717, 1.165) is 21.3 Å². The Balaban J connectivity index is 1.63. The highest BCUT2D eigenvalue weighted by molar-refractivity contribution is 7.22. The van der Waals surface area contributed by atoms with Crippen molar-refractivity contribution in [2.75, 3.05) is 4.90 Å².